The van der Waals surface area contributed by atoms with Gasteiger partial charge in [-0.3, -0.25) is 0 Å². The van der Waals surface area contributed by atoms with E-state index in [-0.39, 0.29) is 0 Å². The van der Waals surface area contributed by atoms with Crippen molar-refractivity contribution >= 4 is 0 Å². The molecule has 1 aliphatic carbocycles. The van der Waals surface area contributed by atoms with E-state index >= 15 is 0 Å². The van der Waals surface area contributed by atoms with E-state index in [1.165, 1.54) is 54.4 Å². The van der Waals surface area contributed by atoms with E-state index in [9.17, 15) is 0 Å². The SMILES string of the molecule is C=CC[C@H]1CC[C@H](c2ccc(-c3ccc(CC(C)C)cc3)cc2)CC1. The quantitative estimate of drug-likeness (QED) is 0.483. The van der Waals surface area contributed by atoms with Crippen LogP contribution in [0.2, 0.25) is 0 Å². The van der Waals surface area contributed by atoms with Crippen molar-refractivity contribution in [2.24, 2.45) is 11.8 Å². The second kappa shape index (κ2) is 8.52. The fourth-order valence-corrected chi connectivity index (χ4v) is 4.22. The molecule has 0 amide bonds. The summed E-state index contributed by atoms with van der Waals surface area (Å²) < 4.78 is 0. The third-order valence-corrected chi connectivity index (χ3v) is 5.66. The minimum Gasteiger partial charge on any atom is -0.103 e. The molecule has 1 saturated carbocycles. The zero-order valence-corrected chi connectivity index (χ0v) is 15.9. The predicted molar refractivity (Wildman–Crippen MR) is 110 cm³/mol. The van der Waals surface area contributed by atoms with Gasteiger partial charge in [-0.2, -0.15) is 0 Å². The van der Waals surface area contributed by atoms with E-state index < -0.39 is 0 Å². The molecule has 0 bridgehead atoms. The molecule has 2 aromatic carbocycles. The van der Waals surface area contributed by atoms with Crippen LogP contribution in [0.3, 0.4) is 0 Å². The average molecular weight is 333 g/mol. The van der Waals surface area contributed by atoms with Crippen LogP contribution in [-0.2, 0) is 6.42 Å². The van der Waals surface area contributed by atoms with Crippen molar-refractivity contribution in [2.45, 2.75) is 58.3 Å². The topological polar surface area (TPSA) is 0 Å². The Labute approximate surface area is 154 Å². The van der Waals surface area contributed by atoms with Crippen molar-refractivity contribution < 1.29 is 0 Å². The summed E-state index contributed by atoms with van der Waals surface area (Å²) >= 11 is 0. The number of hydrogen-bond donors (Lipinski definition) is 0. The van der Waals surface area contributed by atoms with Crippen LogP contribution in [0.4, 0.5) is 0 Å². The smallest absolute Gasteiger partial charge is 0.0162 e. The second-order valence-corrected chi connectivity index (χ2v) is 8.16. The lowest BCUT2D eigenvalue weighted by Crippen LogP contribution is -2.12. The highest BCUT2D eigenvalue weighted by atomic mass is 14.3. The van der Waals surface area contributed by atoms with Crippen molar-refractivity contribution in [3.05, 3.63) is 72.3 Å². The van der Waals surface area contributed by atoms with Gasteiger partial charge < -0.3 is 0 Å². The summed E-state index contributed by atoms with van der Waals surface area (Å²) in [6, 6.07) is 18.4. The largest absolute Gasteiger partial charge is 0.103 e. The van der Waals surface area contributed by atoms with Gasteiger partial charge in [-0.25, -0.2) is 0 Å². The Hall–Kier alpha value is -1.82. The second-order valence-electron chi connectivity index (χ2n) is 8.16. The van der Waals surface area contributed by atoms with E-state index in [0.29, 0.717) is 5.92 Å². The van der Waals surface area contributed by atoms with Gasteiger partial charge in [0.15, 0.2) is 0 Å². The molecule has 0 nitrogen and oxygen atoms in total. The Morgan fingerprint density at radius 2 is 1.44 bits per heavy atom. The van der Waals surface area contributed by atoms with Gasteiger partial charge in [0.1, 0.15) is 0 Å². The average Bonchev–Trinajstić information content (AvgIpc) is 2.63. The van der Waals surface area contributed by atoms with Gasteiger partial charge in [0.2, 0.25) is 0 Å². The van der Waals surface area contributed by atoms with Crippen molar-refractivity contribution in [1.29, 1.82) is 0 Å². The van der Waals surface area contributed by atoms with Crippen molar-refractivity contribution in [3.8, 4) is 11.1 Å². The van der Waals surface area contributed by atoms with E-state index in [4.69, 9.17) is 0 Å². The predicted octanol–water partition coefficient (Wildman–Crippen LogP) is 7.40. The summed E-state index contributed by atoms with van der Waals surface area (Å²) in [4.78, 5) is 0. The fraction of sp³-hybridized carbons (Fsp3) is 0.440. The molecule has 0 saturated heterocycles. The summed E-state index contributed by atoms with van der Waals surface area (Å²) in [6.45, 7) is 8.44. The molecule has 1 aliphatic rings. The zero-order chi connectivity index (χ0) is 17.6. The molecule has 0 radical (unpaired) electrons. The highest BCUT2D eigenvalue weighted by Gasteiger charge is 2.21. The summed E-state index contributed by atoms with van der Waals surface area (Å²) in [7, 11) is 0. The van der Waals surface area contributed by atoms with Crippen LogP contribution in [0, 0.1) is 11.8 Å². The molecule has 2 aromatic rings. The highest BCUT2D eigenvalue weighted by molar-refractivity contribution is 5.64. The first-order valence-corrected chi connectivity index (χ1v) is 9.96. The normalized spacial score (nSPS) is 20.6. The highest BCUT2D eigenvalue weighted by Crippen LogP contribution is 2.37. The Kier molecular flexibility index (Phi) is 6.13. The van der Waals surface area contributed by atoms with Gasteiger partial charge in [0.05, 0.1) is 0 Å². The van der Waals surface area contributed by atoms with Crippen molar-refractivity contribution in [1.82, 2.24) is 0 Å². The van der Waals surface area contributed by atoms with Gasteiger partial charge in [-0.1, -0.05) is 68.5 Å². The molecule has 0 N–H and O–H groups in total. The maximum Gasteiger partial charge on any atom is -0.0162 e. The molecule has 0 aromatic heterocycles. The van der Waals surface area contributed by atoms with Crippen LogP contribution < -0.4 is 0 Å². The van der Waals surface area contributed by atoms with Crippen LogP contribution in [0.15, 0.2) is 61.2 Å². The third-order valence-electron chi connectivity index (χ3n) is 5.66. The number of hydrogen-bond acceptors (Lipinski definition) is 0. The van der Waals surface area contributed by atoms with Gasteiger partial charge in [0, 0.05) is 0 Å². The van der Waals surface area contributed by atoms with Crippen molar-refractivity contribution in [3.63, 3.8) is 0 Å². The van der Waals surface area contributed by atoms with Crippen LogP contribution in [0.1, 0.15) is 63.0 Å². The molecule has 132 valence electrons. The Bertz CT molecular complexity index is 652. The standard InChI is InChI=1S/C25H32/c1-4-5-20-6-10-22(11-7-20)24-14-16-25(17-15-24)23-12-8-21(9-13-23)18-19(2)3/h4,8-9,12-17,19-20,22H,1,5-7,10-11,18H2,2-3H3/t20-,22-. The molecule has 0 heterocycles. The first-order valence-electron chi connectivity index (χ1n) is 9.96. The molecule has 1 fully saturated rings. The molecule has 0 unspecified atom stereocenters. The summed E-state index contributed by atoms with van der Waals surface area (Å²) in [5, 5.41) is 0. The van der Waals surface area contributed by atoms with Crippen molar-refractivity contribution in [2.75, 3.05) is 0 Å². The number of rotatable bonds is 6. The molecular formula is C25H32. The lowest BCUT2D eigenvalue weighted by atomic mass is 9.77. The maximum absolute atomic E-state index is 3.89. The molecule has 3 rings (SSSR count). The minimum absolute atomic E-state index is 0.715. The molecular weight excluding hydrogens is 300 g/mol. The van der Waals surface area contributed by atoms with E-state index in [0.717, 1.165) is 18.3 Å². The van der Waals surface area contributed by atoms with Crippen LogP contribution in [-0.4, -0.2) is 0 Å². The minimum atomic E-state index is 0.715. The molecule has 25 heavy (non-hydrogen) atoms. The number of allylic oxidation sites excluding steroid dienone is 1. The first kappa shape index (κ1) is 18.0. The van der Waals surface area contributed by atoms with Gasteiger partial charge in [-0.05, 0) is 78.5 Å². The lowest BCUT2D eigenvalue weighted by Gasteiger charge is -2.28. The van der Waals surface area contributed by atoms with Crippen LogP contribution in [0.5, 0.6) is 0 Å². The van der Waals surface area contributed by atoms with E-state index in [1.54, 1.807) is 0 Å². The monoisotopic (exact) mass is 332 g/mol. The Morgan fingerprint density at radius 3 is 1.96 bits per heavy atom. The fourth-order valence-electron chi connectivity index (χ4n) is 4.22. The van der Waals surface area contributed by atoms with E-state index in [1.807, 2.05) is 0 Å². The Morgan fingerprint density at radius 1 is 0.880 bits per heavy atom. The molecule has 0 spiro atoms. The zero-order valence-electron chi connectivity index (χ0n) is 15.9. The third kappa shape index (κ3) is 4.84. The number of benzene rings is 2. The van der Waals surface area contributed by atoms with E-state index in [2.05, 4.69) is 75.0 Å². The van der Waals surface area contributed by atoms with Gasteiger partial charge in [0.25, 0.3) is 0 Å². The summed E-state index contributed by atoms with van der Waals surface area (Å²) in [6.07, 6.45) is 9.83. The summed E-state index contributed by atoms with van der Waals surface area (Å²) in [5.74, 6) is 2.34. The molecule has 0 heteroatoms. The summed E-state index contributed by atoms with van der Waals surface area (Å²) in [5.41, 5.74) is 5.62. The van der Waals surface area contributed by atoms with Gasteiger partial charge in [-0.15, -0.1) is 6.58 Å². The first-order chi connectivity index (χ1) is 12.2. The maximum atomic E-state index is 3.89. The lowest BCUT2D eigenvalue weighted by molar-refractivity contribution is 0.328. The van der Waals surface area contributed by atoms with Crippen LogP contribution in [0.25, 0.3) is 11.1 Å². The molecule has 0 atom stereocenters. The van der Waals surface area contributed by atoms with Gasteiger partial charge >= 0.3 is 0 Å². The van der Waals surface area contributed by atoms with Crippen LogP contribution >= 0.6 is 0 Å². The molecule has 0 aliphatic heterocycles. The Balaban J connectivity index is 1.63.